The SMILES string of the molecule is [2H]c1cc([2H])c(Nc2nc(Nc3ccc(OCCOC)cc3)ncc2F)cc1NC(=O)C=C. The third kappa shape index (κ3) is 6.51. The summed E-state index contributed by atoms with van der Waals surface area (Å²) in [5, 5.41) is 8.15. The van der Waals surface area contributed by atoms with Gasteiger partial charge in [-0.2, -0.15) is 4.98 Å². The predicted octanol–water partition coefficient (Wildman–Crippen LogP) is 4.25. The molecule has 2 aromatic carbocycles. The van der Waals surface area contributed by atoms with Crippen LogP contribution in [-0.2, 0) is 9.53 Å². The van der Waals surface area contributed by atoms with E-state index < -0.39 is 11.7 Å². The summed E-state index contributed by atoms with van der Waals surface area (Å²) in [7, 11) is 1.59. The third-order valence-corrected chi connectivity index (χ3v) is 3.85. The van der Waals surface area contributed by atoms with Crippen LogP contribution in [0.4, 0.5) is 33.2 Å². The molecule has 0 atom stereocenters. The lowest BCUT2D eigenvalue weighted by atomic mass is 10.2. The number of hydrogen-bond donors (Lipinski definition) is 3. The minimum atomic E-state index is -0.742. The molecule has 1 amide bonds. The van der Waals surface area contributed by atoms with Crippen molar-refractivity contribution in [1.82, 2.24) is 9.97 Å². The first kappa shape index (κ1) is 19.0. The zero-order valence-corrected chi connectivity index (χ0v) is 16.7. The van der Waals surface area contributed by atoms with E-state index in [0.717, 1.165) is 12.3 Å². The van der Waals surface area contributed by atoms with Gasteiger partial charge in [0.2, 0.25) is 11.9 Å². The number of ether oxygens (including phenoxy) is 2. The van der Waals surface area contributed by atoms with E-state index in [1.807, 2.05) is 0 Å². The van der Waals surface area contributed by atoms with Gasteiger partial charge in [0.1, 0.15) is 12.4 Å². The van der Waals surface area contributed by atoms with Gasteiger partial charge in [0.25, 0.3) is 0 Å². The van der Waals surface area contributed by atoms with E-state index in [2.05, 4.69) is 32.5 Å². The first-order chi connectivity index (χ1) is 15.9. The zero-order chi connectivity index (χ0) is 23.8. The Labute approximate surface area is 181 Å². The predicted molar refractivity (Wildman–Crippen MR) is 118 cm³/mol. The first-order valence-corrected chi connectivity index (χ1v) is 9.22. The molecule has 0 spiro atoms. The molecule has 8 nitrogen and oxygen atoms in total. The molecule has 9 heteroatoms. The number of nitrogens with zero attached hydrogens (tertiary/aromatic N) is 2. The fourth-order valence-corrected chi connectivity index (χ4v) is 2.40. The van der Waals surface area contributed by atoms with Crippen molar-refractivity contribution < 1.29 is 21.4 Å². The van der Waals surface area contributed by atoms with E-state index in [1.165, 1.54) is 12.1 Å². The van der Waals surface area contributed by atoms with Gasteiger partial charge < -0.3 is 25.4 Å². The van der Waals surface area contributed by atoms with Crippen molar-refractivity contribution in [1.29, 1.82) is 0 Å². The third-order valence-electron chi connectivity index (χ3n) is 3.85. The summed E-state index contributed by atoms with van der Waals surface area (Å²) in [6.07, 6.45) is 2.05. The number of benzene rings is 2. The van der Waals surface area contributed by atoms with Gasteiger partial charge in [0.05, 0.1) is 15.5 Å². The smallest absolute Gasteiger partial charge is 0.247 e. The molecule has 3 rings (SSSR count). The molecule has 31 heavy (non-hydrogen) atoms. The Morgan fingerprint density at radius 2 is 1.97 bits per heavy atom. The van der Waals surface area contributed by atoms with Crippen molar-refractivity contribution in [3.63, 3.8) is 0 Å². The average molecular weight is 425 g/mol. The quantitative estimate of drug-likeness (QED) is 0.330. The molecule has 0 saturated carbocycles. The molecule has 0 bridgehead atoms. The Morgan fingerprint density at radius 3 is 2.71 bits per heavy atom. The largest absolute Gasteiger partial charge is 0.491 e. The van der Waals surface area contributed by atoms with Gasteiger partial charge >= 0.3 is 0 Å². The maximum atomic E-state index is 14.3. The monoisotopic (exact) mass is 425 g/mol. The molecule has 0 aliphatic heterocycles. The second kappa shape index (κ2) is 10.7. The van der Waals surface area contributed by atoms with Crippen LogP contribution >= 0.6 is 0 Å². The minimum absolute atomic E-state index is 0.0686. The minimum Gasteiger partial charge on any atom is -0.491 e. The summed E-state index contributed by atoms with van der Waals surface area (Å²) in [6, 6.07) is 9.45. The number of rotatable bonds is 10. The maximum Gasteiger partial charge on any atom is 0.247 e. The topological polar surface area (TPSA) is 97.4 Å². The van der Waals surface area contributed by atoms with E-state index in [1.54, 1.807) is 31.4 Å². The number of nitrogens with one attached hydrogen (secondary N) is 3. The van der Waals surface area contributed by atoms with E-state index >= 15 is 0 Å². The standard InChI is InChI=1S/C22H22FN5O3/c1-3-20(29)25-16-5-4-6-17(13-16)26-21-19(23)14-24-22(28-21)27-15-7-9-18(10-8-15)31-12-11-30-2/h3-10,13-14H,1,11-12H2,2H3,(H,25,29)(H2,24,26,27,28)/i5D,6D. The second-order valence-electron chi connectivity index (χ2n) is 6.10. The summed E-state index contributed by atoms with van der Waals surface area (Å²) in [5.41, 5.74) is 0.936. The van der Waals surface area contributed by atoms with Crippen molar-refractivity contribution in [2.75, 3.05) is 36.3 Å². The van der Waals surface area contributed by atoms with Gasteiger partial charge in [-0.25, -0.2) is 9.37 Å². The number of amides is 1. The zero-order valence-electron chi connectivity index (χ0n) is 18.7. The summed E-state index contributed by atoms with van der Waals surface area (Å²) in [5.74, 6) is -0.648. The highest BCUT2D eigenvalue weighted by Gasteiger charge is 2.09. The van der Waals surface area contributed by atoms with Crippen molar-refractivity contribution in [2.24, 2.45) is 0 Å². The first-order valence-electron chi connectivity index (χ1n) is 10.2. The van der Waals surface area contributed by atoms with Crippen LogP contribution in [0.5, 0.6) is 5.75 Å². The van der Waals surface area contributed by atoms with Gasteiger partial charge in [0.15, 0.2) is 11.6 Å². The Bertz CT molecular complexity index is 1150. The highest BCUT2D eigenvalue weighted by atomic mass is 19.1. The molecule has 1 heterocycles. The van der Waals surface area contributed by atoms with Crippen LogP contribution in [0.3, 0.4) is 0 Å². The highest BCUT2D eigenvalue weighted by Crippen LogP contribution is 2.23. The van der Waals surface area contributed by atoms with Gasteiger partial charge in [-0.15, -0.1) is 0 Å². The molecule has 0 aliphatic carbocycles. The Hall–Kier alpha value is -3.98. The molecule has 0 unspecified atom stereocenters. The highest BCUT2D eigenvalue weighted by molar-refractivity contribution is 5.99. The van der Waals surface area contributed by atoms with Crippen molar-refractivity contribution in [3.05, 3.63) is 73.2 Å². The van der Waals surface area contributed by atoms with Crippen molar-refractivity contribution in [3.8, 4) is 5.75 Å². The van der Waals surface area contributed by atoms with Crippen LogP contribution in [0.15, 0.2) is 67.3 Å². The van der Waals surface area contributed by atoms with Crippen LogP contribution in [-0.4, -0.2) is 36.2 Å². The number of aromatic nitrogens is 2. The van der Waals surface area contributed by atoms with Gasteiger partial charge in [-0.3, -0.25) is 4.79 Å². The number of anilines is 5. The molecule has 1 aromatic heterocycles. The average Bonchev–Trinajstić information content (AvgIpc) is 2.80. The van der Waals surface area contributed by atoms with E-state index in [4.69, 9.17) is 12.2 Å². The fraction of sp³-hybridized carbons (Fsp3) is 0.136. The lowest BCUT2D eigenvalue weighted by Crippen LogP contribution is -2.07. The van der Waals surface area contributed by atoms with Gasteiger partial charge in [-0.1, -0.05) is 12.6 Å². The summed E-state index contributed by atoms with van der Waals surface area (Å²) >= 11 is 0. The Morgan fingerprint density at radius 1 is 1.19 bits per heavy atom. The fourth-order valence-electron chi connectivity index (χ4n) is 2.40. The summed E-state index contributed by atoms with van der Waals surface area (Å²) < 4.78 is 40.7. The van der Waals surface area contributed by atoms with Crippen LogP contribution in [0, 0.1) is 5.82 Å². The molecule has 3 N–H and O–H groups in total. The van der Waals surface area contributed by atoms with Crippen LogP contribution in [0.25, 0.3) is 0 Å². The van der Waals surface area contributed by atoms with E-state index in [-0.39, 0.29) is 35.2 Å². The summed E-state index contributed by atoms with van der Waals surface area (Å²) in [6.45, 7) is 4.27. The Kier molecular flexibility index (Phi) is 6.56. The number of hydrogen-bond acceptors (Lipinski definition) is 7. The number of carbonyl (C=O) groups is 1. The lowest BCUT2D eigenvalue weighted by molar-refractivity contribution is -0.111. The lowest BCUT2D eigenvalue weighted by Gasteiger charge is -2.11. The molecule has 0 aliphatic rings. The van der Waals surface area contributed by atoms with E-state index in [0.29, 0.717) is 24.7 Å². The molecule has 0 saturated heterocycles. The number of methoxy groups -OCH3 is 1. The van der Waals surface area contributed by atoms with Crippen molar-refractivity contribution in [2.45, 2.75) is 0 Å². The maximum absolute atomic E-state index is 14.3. The van der Waals surface area contributed by atoms with Gasteiger partial charge in [0, 0.05) is 24.2 Å². The van der Waals surface area contributed by atoms with Crippen molar-refractivity contribution >= 4 is 34.7 Å². The molecule has 160 valence electrons. The van der Waals surface area contributed by atoms with Crippen LogP contribution in [0.2, 0.25) is 0 Å². The van der Waals surface area contributed by atoms with Gasteiger partial charge in [-0.05, 0) is 48.5 Å². The molecule has 0 radical (unpaired) electrons. The molecular weight excluding hydrogens is 401 g/mol. The number of halogens is 1. The van der Waals surface area contributed by atoms with Crippen LogP contribution in [0.1, 0.15) is 2.74 Å². The molecule has 3 aromatic rings. The normalized spacial score (nSPS) is 11.2. The Balaban J connectivity index is 1.76. The van der Waals surface area contributed by atoms with Crippen LogP contribution < -0.4 is 20.7 Å². The molecular formula is C22H22FN5O3. The molecule has 0 fully saturated rings. The number of carbonyl (C=O) groups excluding carboxylic acids is 1. The summed E-state index contributed by atoms with van der Waals surface area (Å²) in [4.78, 5) is 19.6. The van der Waals surface area contributed by atoms with E-state index in [9.17, 15) is 9.18 Å². The second-order valence-corrected chi connectivity index (χ2v) is 6.10.